The Hall–Kier alpha value is -3.19. The highest BCUT2D eigenvalue weighted by atomic mass is 32.2. The lowest BCUT2D eigenvalue weighted by atomic mass is 9.99. The SMILES string of the molecule is CCOP(=O)(COc1ccc(C[C@H](NC(=O)OC2=C3COC4OCC2CC34)[C@H](O)CN(C(F)C(C)C)S(=O)(=O)c2ccc3nc(NC4CC4)sc3c2)cc1)OCC. The summed E-state index contributed by atoms with van der Waals surface area (Å²) in [6.45, 7) is 6.80. The molecule has 7 rings (SSSR count). The molecule has 2 saturated heterocycles. The second-order valence-corrected chi connectivity index (χ2v) is 19.9. The third-order valence-electron chi connectivity index (χ3n) is 10.3. The number of halogens is 1. The summed E-state index contributed by atoms with van der Waals surface area (Å²) in [4.78, 5) is 18.0. The van der Waals surface area contributed by atoms with Crippen LogP contribution in [0.4, 0.5) is 14.3 Å². The van der Waals surface area contributed by atoms with E-state index in [1.54, 1.807) is 58.0 Å². The molecule has 1 saturated carbocycles. The Labute approximate surface area is 335 Å². The molecule has 15 nitrogen and oxygen atoms in total. The molecule has 3 N–H and O–H groups in total. The van der Waals surface area contributed by atoms with E-state index in [1.807, 2.05) is 0 Å². The predicted octanol–water partition coefficient (Wildman–Crippen LogP) is 6.39. The Balaban J connectivity index is 1.12. The van der Waals surface area contributed by atoms with Gasteiger partial charge >= 0.3 is 13.7 Å². The summed E-state index contributed by atoms with van der Waals surface area (Å²) < 4.78 is 92.5. The van der Waals surface area contributed by atoms with Crippen molar-refractivity contribution in [1.82, 2.24) is 14.6 Å². The summed E-state index contributed by atoms with van der Waals surface area (Å²) in [6.07, 6.45) is -2.33. The van der Waals surface area contributed by atoms with Gasteiger partial charge < -0.3 is 43.7 Å². The van der Waals surface area contributed by atoms with Crippen molar-refractivity contribution in [1.29, 1.82) is 0 Å². The Morgan fingerprint density at radius 1 is 1.12 bits per heavy atom. The van der Waals surface area contributed by atoms with Gasteiger partial charge in [-0.1, -0.05) is 37.3 Å². The number of alkyl halides is 1. The first-order valence-corrected chi connectivity index (χ1v) is 23.3. The molecule has 1 aromatic heterocycles. The molecule has 3 heterocycles. The van der Waals surface area contributed by atoms with Gasteiger partial charge in [-0.2, -0.15) is 4.31 Å². The molecule has 3 aromatic rings. The number of amides is 1. The van der Waals surface area contributed by atoms with Crippen LogP contribution in [0.2, 0.25) is 0 Å². The number of nitrogens with zero attached hydrogens (tertiary/aromatic N) is 2. The molecule has 19 heteroatoms. The molecule has 0 radical (unpaired) electrons. The van der Waals surface area contributed by atoms with E-state index in [4.69, 9.17) is 28.0 Å². The molecule has 3 fully saturated rings. The van der Waals surface area contributed by atoms with Gasteiger partial charge in [0.15, 0.2) is 24.1 Å². The maximum atomic E-state index is 16.2. The first-order chi connectivity index (χ1) is 27.3. The molecule has 57 heavy (non-hydrogen) atoms. The Kier molecular flexibility index (Phi) is 12.9. The minimum atomic E-state index is -4.52. The van der Waals surface area contributed by atoms with E-state index >= 15 is 4.39 Å². The lowest BCUT2D eigenvalue weighted by Gasteiger charge is -2.32. The highest BCUT2D eigenvalue weighted by Crippen LogP contribution is 2.49. The first-order valence-electron chi connectivity index (χ1n) is 19.3. The van der Waals surface area contributed by atoms with Crippen molar-refractivity contribution in [2.24, 2.45) is 17.8 Å². The van der Waals surface area contributed by atoms with Crippen molar-refractivity contribution in [3.05, 3.63) is 59.4 Å². The van der Waals surface area contributed by atoms with Crippen LogP contribution in [0.1, 0.15) is 52.5 Å². The molecule has 2 bridgehead atoms. The van der Waals surface area contributed by atoms with Gasteiger partial charge in [-0.3, -0.25) is 4.57 Å². The summed E-state index contributed by atoms with van der Waals surface area (Å²) in [5.41, 5.74) is 2.09. The average Bonchev–Trinajstić information content (AvgIpc) is 3.63. The minimum absolute atomic E-state index is 0.00466. The third kappa shape index (κ3) is 9.66. The molecule has 1 amide bonds. The quantitative estimate of drug-likeness (QED) is 0.0841. The van der Waals surface area contributed by atoms with Crippen molar-refractivity contribution < 1.29 is 55.3 Å². The topological polar surface area (TPSA) is 184 Å². The number of anilines is 1. The maximum Gasteiger partial charge on any atom is 0.412 e. The molecule has 2 aliphatic heterocycles. The standard InChI is InChI=1S/C38H50FN4O11PS2/c1-5-52-55(46,53-6-2)21-51-26-11-7-23(8-12-26)15-31(42-38(45)54-34-24-16-28-29(34)20-50-36(28)49-19-24)32(44)18-43(35(39)22(3)4)57(47,48)27-13-14-30-33(17-27)56-37(41-30)40-25-9-10-25/h7-8,11-14,17,22,24-25,28,31-32,35-36,44H,5-6,9-10,15-16,18-21H2,1-4H3,(H,40,41)(H,42,45)/t24?,28?,31-,32+,35?,36?/m0/s1. The van der Waals surface area contributed by atoms with Crippen LogP contribution < -0.4 is 15.4 Å². The molecule has 2 aliphatic carbocycles. The fourth-order valence-electron chi connectivity index (χ4n) is 7.25. The number of hydrogen-bond donors (Lipinski definition) is 3. The number of ether oxygens (including phenoxy) is 4. The number of thiazole rings is 1. The minimum Gasteiger partial charge on any atom is -0.481 e. The van der Waals surface area contributed by atoms with Gasteiger partial charge in [0.1, 0.15) is 11.5 Å². The summed E-state index contributed by atoms with van der Waals surface area (Å²) in [7, 11) is -8.00. The fraction of sp³-hybridized carbons (Fsp3) is 0.579. The number of aliphatic hydroxyl groups is 1. The van der Waals surface area contributed by atoms with Gasteiger partial charge in [0, 0.05) is 30.0 Å². The van der Waals surface area contributed by atoms with E-state index < -0.39 is 54.6 Å². The lowest BCUT2D eigenvalue weighted by molar-refractivity contribution is -0.161. The van der Waals surface area contributed by atoms with Gasteiger partial charge in [-0.15, -0.1) is 0 Å². The second-order valence-electron chi connectivity index (χ2n) is 15.0. The molecule has 2 aromatic carbocycles. The van der Waals surface area contributed by atoms with Crippen LogP contribution >= 0.6 is 18.9 Å². The fourth-order valence-corrected chi connectivity index (χ4v) is 11.3. The zero-order chi connectivity index (χ0) is 40.5. The van der Waals surface area contributed by atoms with Crippen molar-refractivity contribution in [2.45, 2.75) is 89.0 Å². The van der Waals surface area contributed by atoms with Gasteiger partial charge in [-0.25, -0.2) is 22.6 Å². The molecule has 0 spiro atoms. The third-order valence-corrected chi connectivity index (χ3v) is 14.8. The van der Waals surface area contributed by atoms with Gasteiger partial charge in [0.05, 0.1) is 53.7 Å². The van der Waals surface area contributed by atoms with Crippen LogP contribution in [0.5, 0.6) is 5.75 Å². The zero-order valence-corrected chi connectivity index (χ0v) is 34.8. The van der Waals surface area contributed by atoms with Crippen molar-refractivity contribution in [3.63, 3.8) is 0 Å². The van der Waals surface area contributed by atoms with E-state index in [2.05, 4.69) is 15.6 Å². The number of aliphatic hydroxyl groups excluding tert-OH is 1. The normalized spacial score (nSPS) is 22.3. The number of benzene rings is 2. The predicted molar refractivity (Wildman–Crippen MR) is 210 cm³/mol. The molecule has 4 aliphatic rings. The maximum absolute atomic E-state index is 16.2. The lowest BCUT2D eigenvalue weighted by Crippen LogP contribution is -2.53. The number of rotatable bonds is 20. The number of carbonyl (C=O) groups is 1. The largest absolute Gasteiger partial charge is 0.481 e. The van der Waals surface area contributed by atoms with Gasteiger partial charge in [0.2, 0.25) is 10.0 Å². The molecular weight excluding hydrogens is 803 g/mol. The number of fused-ring (bicyclic) bond motifs is 2. The van der Waals surface area contributed by atoms with E-state index in [1.165, 1.54) is 23.5 Å². The van der Waals surface area contributed by atoms with Crippen molar-refractivity contribution in [3.8, 4) is 5.75 Å². The van der Waals surface area contributed by atoms with Gasteiger partial charge in [-0.05, 0) is 81.3 Å². The van der Waals surface area contributed by atoms with Crippen LogP contribution in [-0.2, 0) is 44.3 Å². The summed E-state index contributed by atoms with van der Waals surface area (Å²) >= 11 is 1.32. The summed E-state index contributed by atoms with van der Waals surface area (Å²) in [6, 6.07) is 10.3. The second kappa shape index (κ2) is 17.6. The van der Waals surface area contributed by atoms with Crippen molar-refractivity contribution >= 4 is 50.4 Å². The van der Waals surface area contributed by atoms with E-state index in [-0.39, 0.29) is 55.6 Å². The Morgan fingerprint density at radius 2 is 1.86 bits per heavy atom. The van der Waals surface area contributed by atoms with Crippen LogP contribution in [-0.4, -0.2) is 99.0 Å². The van der Waals surface area contributed by atoms with Crippen LogP contribution in [0.25, 0.3) is 10.2 Å². The zero-order valence-electron chi connectivity index (χ0n) is 32.3. The van der Waals surface area contributed by atoms with Crippen LogP contribution in [0, 0.1) is 17.8 Å². The summed E-state index contributed by atoms with van der Waals surface area (Å²) in [5.74, 6) is -0.0433. The molecule has 4 unspecified atom stereocenters. The average molecular weight is 853 g/mol. The van der Waals surface area contributed by atoms with Crippen molar-refractivity contribution in [2.75, 3.05) is 44.6 Å². The Bertz CT molecular complexity index is 2090. The molecule has 6 atom stereocenters. The number of hydrogen-bond acceptors (Lipinski definition) is 14. The van der Waals surface area contributed by atoms with Crippen LogP contribution in [0.15, 0.2) is 58.7 Å². The van der Waals surface area contributed by atoms with E-state index in [9.17, 15) is 22.9 Å². The number of sulfonamides is 1. The monoisotopic (exact) mass is 852 g/mol. The van der Waals surface area contributed by atoms with E-state index in [0.29, 0.717) is 49.4 Å². The van der Waals surface area contributed by atoms with Gasteiger partial charge in [0.25, 0.3) is 0 Å². The molecule has 312 valence electrons. The number of nitrogens with one attached hydrogen (secondary N) is 2. The molecular formula is C38H50FN4O11PS2. The number of aromatic nitrogens is 1. The highest BCUT2D eigenvalue weighted by Gasteiger charge is 2.49. The summed E-state index contributed by atoms with van der Waals surface area (Å²) in [5, 5.41) is 18.6. The highest BCUT2D eigenvalue weighted by molar-refractivity contribution is 7.89. The van der Waals surface area contributed by atoms with E-state index in [0.717, 1.165) is 24.8 Å². The Morgan fingerprint density at radius 3 is 2.54 bits per heavy atom. The smallest absolute Gasteiger partial charge is 0.412 e. The first kappa shape index (κ1) is 42.0. The number of carbonyl (C=O) groups excluding carboxylic acids is 1. The van der Waals surface area contributed by atoms with Crippen LogP contribution in [0.3, 0.4) is 0 Å². The number of alkyl carbamates (subject to hydrolysis) is 1.